The minimum absolute atomic E-state index is 0.181. The molecular formula is C17H17ClN4O3S. The van der Waals surface area contributed by atoms with E-state index >= 15 is 0 Å². The molecule has 2 aromatic heterocycles. The highest BCUT2D eigenvalue weighted by molar-refractivity contribution is 7.15. The molecule has 1 N–H and O–H groups in total. The van der Waals surface area contributed by atoms with Gasteiger partial charge in [-0.25, -0.2) is 0 Å². The minimum atomic E-state index is -0.181. The number of ether oxygens (including phenoxy) is 1. The van der Waals surface area contributed by atoms with Crippen molar-refractivity contribution >= 4 is 34.0 Å². The zero-order chi connectivity index (χ0) is 18.5. The number of rotatable bonds is 7. The normalized spacial score (nSPS) is 10.7. The van der Waals surface area contributed by atoms with Gasteiger partial charge in [0.15, 0.2) is 0 Å². The fourth-order valence-corrected chi connectivity index (χ4v) is 3.13. The fourth-order valence-electron chi connectivity index (χ4n) is 2.27. The van der Waals surface area contributed by atoms with Gasteiger partial charge in [-0.2, -0.15) is 0 Å². The van der Waals surface area contributed by atoms with Crippen LogP contribution in [0.5, 0.6) is 5.75 Å². The lowest BCUT2D eigenvalue weighted by atomic mass is 10.1. The van der Waals surface area contributed by atoms with E-state index in [2.05, 4.69) is 20.7 Å². The van der Waals surface area contributed by atoms with Crippen LogP contribution in [0.2, 0.25) is 5.02 Å². The van der Waals surface area contributed by atoms with E-state index in [4.69, 9.17) is 20.9 Å². The molecule has 0 unspecified atom stereocenters. The van der Waals surface area contributed by atoms with Crippen LogP contribution in [-0.4, -0.2) is 27.9 Å². The lowest BCUT2D eigenvalue weighted by Crippen LogP contribution is -2.15. The number of aryl methyl sites for hydroxylation is 2. The topological polar surface area (TPSA) is 90.1 Å². The number of amides is 1. The molecule has 7 nitrogen and oxygen atoms in total. The molecule has 0 fully saturated rings. The predicted molar refractivity (Wildman–Crippen MR) is 98.9 cm³/mol. The molecule has 0 atom stereocenters. The Bertz CT molecular complexity index is 872. The number of carbonyl (C=O) groups is 1. The molecular weight excluding hydrogens is 376 g/mol. The van der Waals surface area contributed by atoms with Crippen LogP contribution >= 0.6 is 22.9 Å². The number of nitrogens with zero attached hydrogens (tertiary/aromatic N) is 3. The Balaban J connectivity index is 1.48. The summed E-state index contributed by atoms with van der Waals surface area (Å²) >= 11 is 7.16. The highest BCUT2D eigenvalue weighted by atomic mass is 35.5. The number of benzene rings is 1. The average molecular weight is 393 g/mol. The van der Waals surface area contributed by atoms with Crippen LogP contribution in [0.3, 0.4) is 0 Å². The van der Waals surface area contributed by atoms with Crippen molar-refractivity contribution in [2.75, 3.05) is 11.9 Å². The predicted octanol–water partition coefficient (Wildman–Crippen LogP) is 3.60. The molecule has 0 radical (unpaired) electrons. The second kappa shape index (κ2) is 8.29. The van der Waals surface area contributed by atoms with E-state index in [9.17, 15) is 4.79 Å². The van der Waals surface area contributed by atoms with Crippen LogP contribution in [0.15, 0.2) is 28.8 Å². The van der Waals surface area contributed by atoms with Crippen LogP contribution in [0.4, 0.5) is 5.13 Å². The maximum atomic E-state index is 12.1. The summed E-state index contributed by atoms with van der Waals surface area (Å²) in [6, 6.07) is 7.16. The molecule has 2 heterocycles. The van der Waals surface area contributed by atoms with E-state index in [0.717, 1.165) is 22.0 Å². The van der Waals surface area contributed by atoms with Crippen molar-refractivity contribution in [3.8, 4) is 5.75 Å². The molecule has 0 saturated heterocycles. The van der Waals surface area contributed by atoms with Crippen LogP contribution < -0.4 is 10.1 Å². The Morgan fingerprint density at radius 2 is 2.04 bits per heavy atom. The Morgan fingerprint density at radius 1 is 1.27 bits per heavy atom. The van der Waals surface area contributed by atoms with Gasteiger partial charge in [0.05, 0.1) is 18.7 Å². The molecule has 0 aliphatic rings. The maximum absolute atomic E-state index is 12.1. The van der Waals surface area contributed by atoms with Gasteiger partial charge in [0, 0.05) is 17.0 Å². The van der Waals surface area contributed by atoms with Gasteiger partial charge in [-0.3, -0.25) is 4.79 Å². The van der Waals surface area contributed by atoms with Crippen molar-refractivity contribution < 1.29 is 14.1 Å². The molecule has 0 spiro atoms. The first kappa shape index (κ1) is 18.3. The molecule has 0 bridgehead atoms. The summed E-state index contributed by atoms with van der Waals surface area (Å²) in [7, 11) is 0. The lowest BCUT2D eigenvalue weighted by molar-refractivity contribution is -0.115. The van der Waals surface area contributed by atoms with Gasteiger partial charge in [0.25, 0.3) is 0 Å². The maximum Gasteiger partial charge on any atom is 0.230 e. The van der Waals surface area contributed by atoms with Gasteiger partial charge in [-0.05, 0) is 38.1 Å². The number of hydrogen-bond acceptors (Lipinski definition) is 7. The van der Waals surface area contributed by atoms with E-state index in [1.165, 1.54) is 11.3 Å². The van der Waals surface area contributed by atoms with E-state index in [0.29, 0.717) is 28.9 Å². The van der Waals surface area contributed by atoms with Crippen LogP contribution in [-0.2, 0) is 17.6 Å². The SMILES string of the molecule is Cc1noc(C)c1CC(=O)Nc1nnc(CCOc2ccc(Cl)cc2)s1. The lowest BCUT2D eigenvalue weighted by Gasteiger charge is -2.04. The Labute approximate surface area is 159 Å². The van der Waals surface area contributed by atoms with Gasteiger partial charge >= 0.3 is 0 Å². The third-order valence-electron chi connectivity index (χ3n) is 3.63. The molecule has 1 aromatic carbocycles. The number of nitrogens with one attached hydrogen (secondary N) is 1. The van der Waals surface area contributed by atoms with Crippen molar-refractivity contribution in [3.05, 3.63) is 51.3 Å². The molecule has 9 heteroatoms. The Morgan fingerprint density at radius 3 is 2.73 bits per heavy atom. The van der Waals surface area contributed by atoms with Crippen molar-refractivity contribution in [1.82, 2.24) is 15.4 Å². The Kier molecular flexibility index (Phi) is 5.85. The van der Waals surface area contributed by atoms with Crippen LogP contribution in [0.25, 0.3) is 0 Å². The number of halogens is 1. The molecule has 136 valence electrons. The monoisotopic (exact) mass is 392 g/mol. The highest BCUT2D eigenvalue weighted by Gasteiger charge is 2.15. The largest absolute Gasteiger partial charge is 0.493 e. The summed E-state index contributed by atoms with van der Waals surface area (Å²) < 4.78 is 10.7. The summed E-state index contributed by atoms with van der Waals surface area (Å²) in [5, 5.41) is 16.6. The van der Waals surface area contributed by atoms with E-state index < -0.39 is 0 Å². The van der Waals surface area contributed by atoms with Gasteiger partial charge in [-0.1, -0.05) is 28.1 Å². The van der Waals surface area contributed by atoms with Crippen LogP contribution in [0.1, 0.15) is 22.0 Å². The zero-order valence-electron chi connectivity index (χ0n) is 14.3. The first-order valence-electron chi connectivity index (χ1n) is 7.93. The van der Waals surface area contributed by atoms with E-state index in [-0.39, 0.29) is 12.3 Å². The molecule has 0 saturated carbocycles. The zero-order valence-corrected chi connectivity index (χ0v) is 15.9. The molecule has 26 heavy (non-hydrogen) atoms. The van der Waals surface area contributed by atoms with Gasteiger partial charge in [0.1, 0.15) is 16.5 Å². The molecule has 1 amide bonds. The number of carbonyl (C=O) groups excluding carboxylic acids is 1. The van der Waals surface area contributed by atoms with Crippen molar-refractivity contribution in [2.45, 2.75) is 26.7 Å². The van der Waals surface area contributed by atoms with Crippen molar-refractivity contribution in [2.24, 2.45) is 0 Å². The first-order chi connectivity index (χ1) is 12.5. The third kappa shape index (κ3) is 4.80. The third-order valence-corrected chi connectivity index (χ3v) is 4.78. The second-order valence-corrected chi connectivity index (χ2v) is 7.08. The number of aromatic nitrogens is 3. The summed E-state index contributed by atoms with van der Waals surface area (Å²) in [5.41, 5.74) is 1.51. The minimum Gasteiger partial charge on any atom is -0.493 e. The number of anilines is 1. The molecule has 3 rings (SSSR count). The standard InChI is InChI=1S/C17H17ClN4O3S/c1-10-14(11(2)25-22-10)9-15(23)19-17-21-20-16(26-17)7-8-24-13-5-3-12(18)4-6-13/h3-6H,7-9H2,1-2H3,(H,19,21,23). The first-order valence-corrected chi connectivity index (χ1v) is 9.13. The summed E-state index contributed by atoms with van der Waals surface area (Å²) in [6.45, 7) is 4.05. The van der Waals surface area contributed by atoms with Gasteiger partial charge < -0.3 is 14.6 Å². The van der Waals surface area contributed by atoms with E-state index in [1.54, 1.807) is 19.1 Å². The molecule has 0 aliphatic heterocycles. The summed E-state index contributed by atoms with van der Waals surface area (Å²) in [6.07, 6.45) is 0.787. The van der Waals surface area contributed by atoms with Crippen molar-refractivity contribution in [3.63, 3.8) is 0 Å². The highest BCUT2D eigenvalue weighted by Crippen LogP contribution is 2.19. The van der Waals surface area contributed by atoms with Crippen molar-refractivity contribution in [1.29, 1.82) is 0 Å². The molecule has 3 aromatic rings. The fraction of sp³-hybridized carbons (Fsp3) is 0.294. The average Bonchev–Trinajstić information content (AvgIpc) is 3.18. The smallest absolute Gasteiger partial charge is 0.230 e. The summed E-state index contributed by atoms with van der Waals surface area (Å²) in [5.74, 6) is 1.21. The Hall–Kier alpha value is -2.45. The van der Waals surface area contributed by atoms with Gasteiger partial charge in [0.2, 0.25) is 11.0 Å². The molecule has 0 aliphatic carbocycles. The second-order valence-electron chi connectivity index (χ2n) is 5.58. The summed E-state index contributed by atoms with van der Waals surface area (Å²) in [4.78, 5) is 12.1. The van der Waals surface area contributed by atoms with E-state index in [1.807, 2.05) is 19.1 Å². The van der Waals surface area contributed by atoms with Crippen LogP contribution in [0, 0.1) is 13.8 Å². The van der Waals surface area contributed by atoms with Gasteiger partial charge in [-0.15, -0.1) is 10.2 Å². The quantitative estimate of drug-likeness (QED) is 0.660. The number of hydrogen-bond donors (Lipinski definition) is 1.